The fourth-order valence-electron chi connectivity index (χ4n) is 2.10. The van der Waals surface area contributed by atoms with Crippen molar-refractivity contribution in [3.63, 3.8) is 0 Å². The van der Waals surface area contributed by atoms with E-state index in [1.165, 1.54) is 6.07 Å². The zero-order valence-corrected chi connectivity index (χ0v) is 12.4. The van der Waals surface area contributed by atoms with Gasteiger partial charge in [-0.2, -0.15) is 13.2 Å². The quantitative estimate of drug-likeness (QED) is 0.824. The first kappa shape index (κ1) is 16.9. The summed E-state index contributed by atoms with van der Waals surface area (Å²) in [7, 11) is -3.49. The summed E-state index contributed by atoms with van der Waals surface area (Å²) in [5, 5.41) is 11.7. The van der Waals surface area contributed by atoms with E-state index in [2.05, 4.69) is 10.2 Å². The van der Waals surface area contributed by atoms with Crippen LogP contribution in [0.5, 0.6) is 0 Å². The Bertz CT molecular complexity index is 597. The van der Waals surface area contributed by atoms with E-state index < -0.39 is 21.9 Å². The molecule has 0 bridgehead atoms. The molecule has 0 aliphatic carbocycles. The molecule has 1 aliphatic rings. The maximum absolute atomic E-state index is 12.4. The largest absolute Gasteiger partial charge is 0.435 e. The third-order valence-corrected chi connectivity index (χ3v) is 4.08. The van der Waals surface area contributed by atoms with Gasteiger partial charge in [0.15, 0.2) is 11.5 Å². The van der Waals surface area contributed by atoms with E-state index >= 15 is 0 Å². The third kappa shape index (κ3) is 4.78. The summed E-state index contributed by atoms with van der Waals surface area (Å²) in [6.07, 6.45) is -4.50. The third-order valence-electron chi connectivity index (χ3n) is 3.33. The molecule has 0 saturated carbocycles. The summed E-state index contributed by atoms with van der Waals surface area (Å²) in [5.74, 6) is 0.256. The van der Waals surface area contributed by atoms with Crippen LogP contribution in [0.25, 0.3) is 0 Å². The first-order valence-corrected chi connectivity index (χ1v) is 8.25. The summed E-state index contributed by atoms with van der Waals surface area (Å²) in [5.41, 5.74) is -1.02. The van der Waals surface area contributed by atoms with Crippen molar-refractivity contribution >= 4 is 15.8 Å². The predicted octanol–water partition coefficient (Wildman–Crippen LogP) is -0.0941. The average Bonchev–Trinajstić information content (AvgIpc) is 2.44. The van der Waals surface area contributed by atoms with Crippen molar-refractivity contribution in [2.75, 3.05) is 43.4 Å². The second-order valence-electron chi connectivity index (χ2n) is 4.97. The maximum atomic E-state index is 12.4. The van der Waals surface area contributed by atoms with Gasteiger partial charge in [0.05, 0.1) is 5.75 Å². The molecule has 0 aromatic carbocycles. The number of piperazine rings is 1. The van der Waals surface area contributed by atoms with Crippen LogP contribution in [0.2, 0.25) is 0 Å². The number of alkyl halides is 3. The van der Waals surface area contributed by atoms with Crippen LogP contribution < -0.4 is 10.0 Å². The van der Waals surface area contributed by atoms with Crippen molar-refractivity contribution in [1.82, 2.24) is 15.1 Å². The number of halogens is 3. The van der Waals surface area contributed by atoms with E-state index in [0.29, 0.717) is 38.5 Å². The van der Waals surface area contributed by atoms with Crippen LogP contribution in [0.4, 0.5) is 19.0 Å². The molecular weight excluding hydrogens is 323 g/mol. The molecule has 7 nitrogen and oxygen atoms in total. The number of aromatic nitrogens is 2. The molecule has 2 N–H and O–H groups in total. The summed E-state index contributed by atoms with van der Waals surface area (Å²) < 4.78 is 59.0. The number of nitrogens with two attached hydrogens (primary N) is 1. The normalized spacial score (nSPS) is 17.7. The Morgan fingerprint density at radius 3 is 2.23 bits per heavy atom. The Kier molecular flexibility index (Phi) is 4.87. The fraction of sp³-hybridized carbons (Fsp3) is 0.636. The molecule has 22 heavy (non-hydrogen) atoms. The van der Waals surface area contributed by atoms with Gasteiger partial charge in [-0.25, -0.2) is 13.6 Å². The van der Waals surface area contributed by atoms with Crippen LogP contribution in [-0.4, -0.2) is 62.0 Å². The van der Waals surface area contributed by atoms with E-state index in [9.17, 15) is 21.6 Å². The monoisotopic (exact) mass is 339 g/mol. The van der Waals surface area contributed by atoms with Gasteiger partial charge >= 0.3 is 6.18 Å². The molecule has 1 fully saturated rings. The topological polar surface area (TPSA) is 92.4 Å². The number of rotatable bonds is 4. The molecule has 2 rings (SSSR count). The second kappa shape index (κ2) is 6.34. The Morgan fingerprint density at radius 1 is 1.14 bits per heavy atom. The summed E-state index contributed by atoms with van der Waals surface area (Å²) >= 11 is 0. The smallest absolute Gasteiger partial charge is 0.353 e. The molecule has 1 saturated heterocycles. The van der Waals surface area contributed by atoms with E-state index in [0.717, 1.165) is 6.07 Å². The van der Waals surface area contributed by atoms with Gasteiger partial charge in [0, 0.05) is 32.7 Å². The van der Waals surface area contributed by atoms with Gasteiger partial charge in [0.2, 0.25) is 10.0 Å². The van der Waals surface area contributed by atoms with Crippen LogP contribution in [0.1, 0.15) is 5.69 Å². The Morgan fingerprint density at radius 2 is 1.77 bits per heavy atom. The molecule has 1 aromatic rings. The lowest BCUT2D eigenvalue weighted by molar-refractivity contribution is -0.141. The van der Waals surface area contributed by atoms with Crippen molar-refractivity contribution < 1.29 is 21.6 Å². The average molecular weight is 339 g/mol. The van der Waals surface area contributed by atoms with Gasteiger partial charge in [0.25, 0.3) is 0 Å². The number of sulfonamides is 1. The molecule has 0 spiro atoms. The number of hydrogen-bond acceptors (Lipinski definition) is 6. The van der Waals surface area contributed by atoms with Gasteiger partial charge in [-0.15, -0.1) is 10.2 Å². The van der Waals surface area contributed by atoms with Gasteiger partial charge in [-0.3, -0.25) is 4.90 Å². The highest BCUT2D eigenvalue weighted by Gasteiger charge is 2.33. The number of nitrogens with zero attached hydrogens (tertiary/aromatic N) is 4. The van der Waals surface area contributed by atoms with Gasteiger partial charge in [-0.05, 0) is 12.1 Å². The second-order valence-corrected chi connectivity index (χ2v) is 6.70. The number of primary sulfonamides is 1. The Hall–Kier alpha value is -1.46. The minimum atomic E-state index is -4.50. The fourth-order valence-corrected chi connectivity index (χ4v) is 2.61. The number of hydrogen-bond donors (Lipinski definition) is 1. The summed E-state index contributed by atoms with van der Waals surface area (Å²) in [6.45, 7) is 2.57. The highest BCUT2D eigenvalue weighted by molar-refractivity contribution is 7.89. The lowest BCUT2D eigenvalue weighted by Crippen LogP contribution is -2.48. The minimum Gasteiger partial charge on any atom is -0.353 e. The highest BCUT2D eigenvalue weighted by Crippen LogP contribution is 2.27. The van der Waals surface area contributed by atoms with Crippen LogP contribution in [0.15, 0.2) is 12.1 Å². The molecule has 1 aliphatic heterocycles. The van der Waals surface area contributed by atoms with Crippen LogP contribution in [-0.2, 0) is 16.2 Å². The first-order valence-electron chi connectivity index (χ1n) is 6.54. The molecule has 0 unspecified atom stereocenters. The van der Waals surface area contributed by atoms with Crippen molar-refractivity contribution in [1.29, 1.82) is 0 Å². The Balaban J connectivity index is 1.89. The zero-order valence-electron chi connectivity index (χ0n) is 11.6. The van der Waals surface area contributed by atoms with Gasteiger partial charge < -0.3 is 4.90 Å². The van der Waals surface area contributed by atoms with E-state index in [1.54, 1.807) is 4.90 Å². The van der Waals surface area contributed by atoms with Crippen molar-refractivity contribution in [3.05, 3.63) is 17.8 Å². The molecule has 124 valence electrons. The Labute approximate surface area is 126 Å². The van der Waals surface area contributed by atoms with Crippen molar-refractivity contribution in [3.8, 4) is 0 Å². The van der Waals surface area contributed by atoms with Crippen LogP contribution >= 0.6 is 0 Å². The maximum Gasteiger partial charge on any atom is 0.435 e. The molecule has 2 heterocycles. The van der Waals surface area contributed by atoms with E-state index in [4.69, 9.17) is 5.14 Å². The van der Waals surface area contributed by atoms with Crippen molar-refractivity contribution in [2.24, 2.45) is 5.14 Å². The standard InChI is InChI=1S/C11H16F3N5O2S/c12-11(13,14)9-1-2-10(17-16-9)19-5-3-18(4-6-19)7-8-22(15,20)21/h1-2H,3-8H2,(H2,15,20,21). The van der Waals surface area contributed by atoms with E-state index in [-0.39, 0.29) is 5.75 Å². The lowest BCUT2D eigenvalue weighted by Gasteiger charge is -2.34. The summed E-state index contributed by atoms with van der Waals surface area (Å²) in [6, 6.07) is 2.19. The molecule has 0 radical (unpaired) electrons. The van der Waals surface area contributed by atoms with Crippen molar-refractivity contribution in [2.45, 2.75) is 6.18 Å². The molecule has 0 atom stereocenters. The van der Waals surface area contributed by atoms with Gasteiger partial charge in [-0.1, -0.05) is 0 Å². The molecule has 0 amide bonds. The number of anilines is 1. The first-order chi connectivity index (χ1) is 10.1. The van der Waals surface area contributed by atoms with Gasteiger partial charge in [0.1, 0.15) is 0 Å². The van der Waals surface area contributed by atoms with E-state index in [1.807, 2.05) is 4.90 Å². The molecule has 11 heteroatoms. The van der Waals surface area contributed by atoms with Crippen LogP contribution in [0.3, 0.4) is 0 Å². The van der Waals surface area contributed by atoms with Crippen LogP contribution in [0, 0.1) is 0 Å². The molecular formula is C11H16F3N5O2S. The summed E-state index contributed by atoms with van der Waals surface area (Å²) in [4.78, 5) is 3.74. The predicted molar refractivity (Wildman–Crippen MR) is 73.7 cm³/mol. The minimum absolute atomic E-state index is 0.118. The zero-order chi connectivity index (χ0) is 16.4. The highest BCUT2D eigenvalue weighted by atomic mass is 32.2. The molecule has 1 aromatic heterocycles. The SMILES string of the molecule is NS(=O)(=O)CCN1CCN(c2ccc(C(F)(F)F)nn2)CC1. The lowest BCUT2D eigenvalue weighted by atomic mass is 10.3.